The first-order valence-electron chi connectivity index (χ1n) is 9.32. The number of nitrogens with two attached hydrogens (primary N) is 1. The van der Waals surface area contributed by atoms with Gasteiger partial charge in [-0.1, -0.05) is 42.1 Å². The summed E-state index contributed by atoms with van der Waals surface area (Å²) < 4.78 is 6.67. The Morgan fingerprint density at radius 2 is 2.10 bits per heavy atom. The summed E-state index contributed by atoms with van der Waals surface area (Å²) in [6, 6.07) is 10.6. The van der Waals surface area contributed by atoms with Crippen molar-refractivity contribution in [3.63, 3.8) is 0 Å². The molecule has 2 heterocycles. The number of amides is 1. The number of benzene rings is 1. The molecule has 1 amide bonds. The average molecular weight is 457 g/mol. The molecule has 0 bridgehead atoms. The van der Waals surface area contributed by atoms with Crippen LogP contribution in [0.15, 0.2) is 40.9 Å². The van der Waals surface area contributed by atoms with E-state index in [4.69, 9.17) is 15.7 Å². The number of esters is 1. The maximum Gasteiger partial charge on any atom is 0.341 e. The Hall–Kier alpha value is -3.36. The van der Waals surface area contributed by atoms with Crippen molar-refractivity contribution in [1.29, 1.82) is 5.26 Å². The van der Waals surface area contributed by atoms with Crippen molar-refractivity contribution < 1.29 is 14.3 Å². The smallest absolute Gasteiger partial charge is 0.341 e. The Morgan fingerprint density at radius 1 is 1.35 bits per heavy atom. The van der Waals surface area contributed by atoms with Crippen LogP contribution < -0.4 is 11.1 Å². The number of carbonyl (C=O) groups excluding carboxylic acids is 2. The predicted octanol–water partition coefficient (Wildman–Crippen LogP) is 3.58. The molecule has 1 unspecified atom stereocenters. The molecule has 9 nitrogen and oxygen atoms in total. The van der Waals surface area contributed by atoms with E-state index in [0.29, 0.717) is 21.3 Å². The second kappa shape index (κ2) is 10.1. The molecule has 11 heteroatoms. The van der Waals surface area contributed by atoms with Crippen LogP contribution in [0.4, 0.5) is 10.9 Å². The first-order valence-corrected chi connectivity index (χ1v) is 11.2. The van der Waals surface area contributed by atoms with E-state index in [1.807, 2.05) is 41.8 Å². The average Bonchev–Trinajstić information content (AvgIpc) is 3.35. The largest absolute Gasteiger partial charge is 0.462 e. The number of anilines is 2. The zero-order valence-corrected chi connectivity index (χ0v) is 18.5. The highest BCUT2D eigenvalue weighted by Crippen LogP contribution is 2.36. The van der Waals surface area contributed by atoms with Gasteiger partial charge in [0, 0.05) is 10.9 Å². The molecule has 0 fully saturated rings. The number of thioether (sulfide) groups is 1. The Balaban J connectivity index is 1.91. The van der Waals surface area contributed by atoms with Gasteiger partial charge >= 0.3 is 5.97 Å². The number of aromatic nitrogens is 3. The van der Waals surface area contributed by atoms with Crippen molar-refractivity contribution in [1.82, 2.24) is 14.8 Å². The highest BCUT2D eigenvalue weighted by atomic mass is 32.2. The first kappa shape index (κ1) is 22.3. The van der Waals surface area contributed by atoms with Gasteiger partial charge in [0.15, 0.2) is 5.16 Å². The lowest BCUT2D eigenvalue weighted by Gasteiger charge is -2.16. The Labute approximate surface area is 187 Å². The monoisotopic (exact) mass is 456 g/mol. The summed E-state index contributed by atoms with van der Waals surface area (Å²) in [6.45, 7) is 3.58. The van der Waals surface area contributed by atoms with Crippen LogP contribution in [-0.2, 0) is 9.53 Å². The maximum atomic E-state index is 13.0. The fourth-order valence-corrected chi connectivity index (χ4v) is 4.51. The van der Waals surface area contributed by atoms with Crippen LogP contribution in [-0.4, -0.2) is 39.0 Å². The summed E-state index contributed by atoms with van der Waals surface area (Å²) in [5.74, 6) is -0.716. The zero-order valence-electron chi connectivity index (χ0n) is 16.9. The number of hydrogen-bond donors (Lipinski definition) is 2. The predicted molar refractivity (Wildman–Crippen MR) is 120 cm³/mol. The normalized spacial score (nSPS) is 11.5. The number of ether oxygens (including phenoxy) is 1. The fraction of sp³-hybridized carbons (Fsp3) is 0.250. The number of nitriles is 1. The minimum absolute atomic E-state index is 0.0601. The standard InChI is InChI=1S/C20H20N6O3S2/c1-3-29-18(28)15-14(13-7-5-4-6-8-13)11-31-17(15)23-16(27)12(2)26-19(22)24-25-20(26)30-10-9-21/h4-8,11-12H,3,10H2,1-2H3,(H2,22,24)(H,23,27). The van der Waals surface area contributed by atoms with Gasteiger partial charge in [0.05, 0.1) is 18.4 Å². The highest BCUT2D eigenvalue weighted by molar-refractivity contribution is 7.99. The molecule has 0 aliphatic heterocycles. The summed E-state index contributed by atoms with van der Waals surface area (Å²) in [6.07, 6.45) is 0. The molecular formula is C20H20N6O3S2. The Kier molecular flexibility index (Phi) is 7.28. The molecule has 0 spiro atoms. The van der Waals surface area contributed by atoms with Crippen molar-refractivity contribution in [2.75, 3.05) is 23.4 Å². The van der Waals surface area contributed by atoms with Crippen LogP contribution in [0.5, 0.6) is 0 Å². The van der Waals surface area contributed by atoms with E-state index in [2.05, 4.69) is 15.5 Å². The summed E-state index contributed by atoms with van der Waals surface area (Å²) in [7, 11) is 0. The van der Waals surface area contributed by atoms with Crippen molar-refractivity contribution in [3.8, 4) is 17.2 Å². The van der Waals surface area contributed by atoms with Crippen molar-refractivity contribution in [2.45, 2.75) is 25.0 Å². The van der Waals surface area contributed by atoms with E-state index in [1.54, 1.807) is 13.8 Å². The van der Waals surface area contributed by atoms with Gasteiger partial charge in [-0.3, -0.25) is 9.36 Å². The van der Waals surface area contributed by atoms with Gasteiger partial charge in [-0.05, 0) is 19.4 Å². The molecule has 2 aromatic heterocycles. The number of nitrogens with zero attached hydrogens (tertiary/aromatic N) is 4. The van der Waals surface area contributed by atoms with Crippen molar-refractivity contribution >= 4 is 45.9 Å². The number of nitrogens with one attached hydrogen (secondary N) is 1. The van der Waals surface area contributed by atoms with Crippen molar-refractivity contribution in [2.24, 2.45) is 0 Å². The summed E-state index contributed by atoms with van der Waals surface area (Å²) in [5.41, 5.74) is 7.71. The van der Waals surface area contributed by atoms with Gasteiger partial charge in [0.1, 0.15) is 16.6 Å². The Morgan fingerprint density at radius 3 is 2.77 bits per heavy atom. The van der Waals surface area contributed by atoms with E-state index >= 15 is 0 Å². The van der Waals surface area contributed by atoms with Crippen LogP contribution in [0.2, 0.25) is 0 Å². The first-order chi connectivity index (χ1) is 15.0. The zero-order chi connectivity index (χ0) is 22.4. The lowest BCUT2D eigenvalue weighted by molar-refractivity contribution is -0.118. The second-order valence-corrected chi connectivity index (χ2v) is 8.08. The lowest BCUT2D eigenvalue weighted by atomic mass is 10.0. The SMILES string of the molecule is CCOC(=O)c1c(-c2ccccc2)csc1NC(=O)C(C)n1c(N)nnc1SCC#N. The third kappa shape index (κ3) is 4.87. The molecule has 0 saturated heterocycles. The van der Waals surface area contributed by atoms with E-state index in [9.17, 15) is 9.59 Å². The molecule has 3 aromatic rings. The minimum Gasteiger partial charge on any atom is -0.462 e. The van der Waals surface area contributed by atoms with Crippen LogP contribution >= 0.6 is 23.1 Å². The molecule has 160 valence electrons. The second-order valence-electron chi connectivity index (χ2n) is 6.26. The molecule has 0 radical (unpaired) electrons. The molecular weight excluding hydrogens is 436 g/mol. The third-order valence-corrected chi connectivity index (χ3v) is 6.02. The molecule has 0 aliphatic rings. The quantitative estimate of drug-likeness (QED) is 0.388. The summed E-state index contributed by atoms with van der Waals surface area (Å²) in [4.78, 5) is 25.7. The fourth-order valence-electron chi connectivity index (χ4n) is 2.87. The number of thiophene rings is 1. The van der Waals surface area contributed by atoms with Gasteiger partial charge in [-0.15, -0.1) is 21.5 Å². The molecule has 1 atom stereocenters. The molecule has 3 N–H and O–H groups in total. The Bertz CT molecular complexity index is 1120. The van der Waals surface area contributed by atoms with Gasteiger partial charge in [-0.2, -0.15) is 5.26 Å². The van der Waals surface area contributed by atoms with E-state index in [0.717, 1.165) is 17.3 Å². The van der Waals surface area contributed by atoms with Crippen LogP contribution in [0.3, 0.4) is 0 Å². The van der Waals surface area contributed by atoms with Crippen LogP contribution in [0, 0.1) is 11.3 Å². The molecule has 0 saturated carbocycles. The van der Waals surface area contributed by atoms with Crippen LogP contribution in [0.1, 0.15) is 30.2 Å². The number of nitrogen functional groups attached to an aromatic ring is 1. The van der Waals surface area contributed by atoms with E-state index < -0.39 is 17.9 Å². The molecule has 3 rings (SSSR count). The molecule has 0 aliphatic carbocycles. The van der Waals surface area contributed by atoms with Gasteiger partial charge in [0.2, 0.25) is 11.9 Å². The van der Waals surface area contributed by atoms with Crippen molar-refractivity contribution in [3.05, 3.63) is 41.3 Å². The van der Waals surface area contributed by atoms with Gasteiger partial charge in [0.25, 0.3) is 0 Å². The maximum absolute atomic E-state index is 13.0. The number of rotatable bonds is 8. The van der Waals surface area contributed by atoms with E-state index in [1.165, 1.54) is 15.9 Å². The van der Waals surface area contributed by atoms with Gasteiger partial charge in [-0.25, -0.2) is 4.79 Å². The third-order valence-electron chi connectivity index (χ3n) is 4.32. The number of carbonyl (C=O) groups is 2. The molecule has 31 heavy (non-hydrogen) atoms. The molecule has 1 aromatic carbocycles. The summed E-state index contributed by atoms with van der Waals surface area (Å²) in [5, 5.41) is 21.9. The van der Waals surface area contributed by atoms with Gasteiger partial charge < -0.3 is 15.8 Å². The van der Waals surface area contributed by atoms with E-state index in [-0.39, 0.29) is 18.3 Å². The highest BCUT2D eigenvalue weighted by Gasteiger charge is 2.27. The topological polar surface area (TPSA) is 136 Å². The van der Waals surface area contributed by atoms with Crippen LogP contribution in [0.25, 0.3) is 11.1 Å². The lowest BCUT2D eigenvalue weighted by Crippen LogP contribution is -2.25. The summed E-state index contributed by atoms with van der Waals surface area (Å²) >= 11 is 2.37. The minimum atomic E-state index is -0.770. The number of hydrogen-bond acceptors (Lipinski definition) is 9.